The number of hydrogen-bond acceptors (Lipinski definition) is 4. The van der Waals surface area contributed by atoms with Gasteiger partial charge in [0.2, 0.25) is 0 Å². The van der Waals surface area contributed by atoms with Crippen LogP contribution in [0.4, 0.5) is 10.5 Å². The fourth-order valence-electron chi connectivity index (χ4n) is 2.72. The summed E-state index contributed by atoms with van der Waals surface area (Å²) in [6, 6.07) is 6.65. The maximum atomic E-state index is 13.0. The number of urea groups is 1. The molecule has 4 amide bonds. The lowest BCUT2D eigenvalue weighted by molar-refractivity contribution is -0.122. The normalized spacial score (nSPS) is 15.2. The second-order valence-corrected chi connectivity index (χ2v) is 7.44. The molecule has 1 N–H and O–H groups in total. The van der Waals surface area contributed by atoms with E-state index in [1.165, 1.54) is 24.3 Å². The molecule has 9 heteroatoms. The summed E-state index contributed by atoms with van der Waals surface area (Å²) in [7, 11) is 0. The average molecular weight is 464 g/mol. The van der Waals surface area contributed by atoms with Gasteiger partial charge in [0.1, 0.15) is 17.9 Å². The zero-order chi connectivity index (χ0) is 22.0. The number of hydrogen-bond donors (Lipinski definition) is 1. The predicted octanol–water partition coefficient (Wildman–Crippen LogP) is 4.63. The van der Waals surface area contributed by atoms with Gasteiger partial charge >= 0.3 is 6.03 Å². The number of nitrogens with one attached hydrogen (secondary N) is 1. The first-order valence-corrected chi connectivity index (χ1v) is 9.59. The molecular weight excluding hydrogens is 451 g/mol. The van der Waals surface area contributed by atoms with Crippen LogP contribution in [-0.2, 0) is 9.59 Å². The quantitative estimate of drug-likeness (QED) is 0.407. The standard InChI is InChI=1S/C21H13Cl3N2O4/c1-3-6-30-18-12(7-13(22)9-17(18)24)8-15-19(27)25-21(29)26(20(15)28)14-5-4-11(2)16(23)10-14/h1,4-5,7-10H,6H2,2H3,(H,25,27,29)/b15-8+. The molecule has 0 radical (unpaired) electrons. The van der Waals surface area contributed by atoms with Gasteiger partial charge in [-0.05, 0) is 42.8 Å². The maximum absolute atomic E-state index is 13.0. The van der Waals surface area contributed by atoms with Crippen LogP contribution in [-0.4, -0.2) is 24.5 Å². The molecule has 1 saturated heterocycles. The highest BCUT2D eigenvalue weighted by atomic mass is 35.5. The van der Waals surface area contributed by atoms with Gasteiger partial charge in [0.15, 0.2) is 0 Å². The Bertz CT molecular complexity index is 1150. The summed E-state index contributed by atoms with van der Waals surface area (Å²) in [5.41, 5.74) is 0.896. The number of carbonyl (C=O) groups is 3. The highest BCUT2D eigenvalue weighted by Gasteiger charge is 2.37. The number of barbiturate groups is 1. The second-order valence-electron chi connectivity index (χ2n) is 6.19. The van der Waals surface area contributed by atoms with Crippen LogP contribution in [0, 0.1) is 19.3 Å². The Morgan fingerprint density at radius 1 is 1.13 bits per heavy atom. The van der Waals surface area contributed by atoms with Crippen LogP contribution in [0.1, 0.15) is 11.1 Å². The summed E-state index contributed by atoms with van der Waals surface area (Å²) in [5.74, 6) is 0.730. The molecule has 1 aliphatic heterocycles. The van der Waals surface area contributed by atoms with Gasteiger partial charge in [0.05, 0.1) is 10.7 Å². The first kappa shape index (κ1) is 21.7. The fourth-order valence-corrected chi connectivity index (χ4v) is 3.46. The fraction of sp³-hybridized carbons (Fsp3) is 0.0952. The van der Waals surface area contributed by atoms with E-state index in [1.54, 1.807) is 19.1 Å². The first-order valence-electron chi connectivity index (χ1n) is 8.46. The Balaban J connectivity index is 2.09. The molecule has 2 aromatic carbocycles. The van der Waals surface area contributed by atoms with Crippen molar-refractivity contribution in [1.82, 2.24) is 5.32 Å². The molecular formula is C21H13Cl3N2O4. The number of halogens is 3. The van der Waals surface area contributed by atoms with E-state index in [0.29, 0.717) is 5.02 Å². The second kappa shape index (κ2) is 8.80. The molecule has 152 valence electrons. The minimum Gasteiger partial charge on any atom is -0.479 e. The summed E-state index contributed by atoms with van der Waals surface area (Å²) in [5, 5.41) is 2.89. The summed E-state index contributed by atoms with van der Waals surface area (Å²) in [4.78, 5) is 38.6. The van der Waals surface area contributed by atoms with Gasteiger partial charge in [0, 0.05) is 15.6 Å². The van der Waals surface area contributed by atoms with Gasteiger partial charge in [-0.3, -0.25) is 14.9 Å². The summed E-state index contributed by atoms with van der Waals surface area (Å²) in [6.45, 7) is 1.68. The average Bonchev–Trinajstić information content (AvgIpc) is 2.67. The molecule has 0 aromatic heterocycles. The molecule has 0 saturated carbocycles. The smallest absolute Gasteiger partial charge is 0.335 e. The third kappa shape index (κ3) is 4.29. The van der Waals surface area contributed by atoms with Gasteiger partial charge < -0.3 is 4.74 Å². The Morgan fingerprint density at radius 2 is 1.87 bits per heavy atom. The van der Waals surface area contributed by atoms with E-state index in [4.69, 9.17) is 46.0 Å². The molecule has 1 aliphatic rings. The van der Waals surface area contributed by atoms with Crippen molar-refractivity contribution in [1.29, 1.82) is 0 Å². The summed E-state index contributed by atoms with van der Waals surface area (Å²) in [6.07, 6.45) is 6.46. The number of benzene rings is 2. The van der Waals surface area contributed by atoms with Crippen LogP contribution in [0.3, 0.4) is 0 Å². The topological polar surface area (TPSA) is 75.7 Å². The van der Waals surface area contributed by atoms with Gasteiger partial charge in [0.25, 0.3) is 11.8 Å². The molecule has 0 spiro atoms. The monoisotopic (exact) mass is 462 g/mol. The molecule has 1 heterocycles. The molecule has 3 rings (SSSR count). The van der Waals surface area contributed by atoms with E-state index in [1.807, 2.05) is 0 Å². The third-order valence-electron chi connectivity index (χ3n) is 4.15. The van der Waals surface area contributed by atoms with Crippen LogP contribution in [0.25, 0.3) is 6.08 Å². The van der Waals surface area contributed by atoms with Crippen molar-refractivity contribution in [2.75, 3.05) is 11.5 Å². The molecule has 0 aliphatic carbocycles. The van der Waals surface area contributed by atoms with Crippen molar-refractivity contribution >= 4 is 64.4 Å². The van der Waals surface area contributed by atoms with Crippen molar-refractivity contribution in [2.24, 2.45) is 0 Å². The highest BCUT2D eigenvalue weighted by molar-refractivity contribution is 6.40. The number of rotatable bonds is 4. The SMILES string of the molecule is C#CCOc1c(Cl)cc(Cl)cc1/C=C1\C(=O)NC(=O)N(c2ccc(C)c(Cl)c2)C1=O. The van der Waals surface area contributed by atoms with Crippen LogP contribution in [0.15, 0.2) is 35.9 Å². The van der Waals surface area contributed by atoms with E-state index in [0.717, 1.165) is 10.5 Å². The van der Waals surface area contributed by atoms with Crippen molar-refractivity contribution in [3.63, 3.8) is 0 Å². The lowest BCUT2D eigenvalue weighted by atomic mass is 10.1. The van der Waals surface area contributed by atoms with Gasteiger partial charge in [-0.25, -0.2) is 9.69 Å². The zero-order valence-electron chi connectivity index (χ0n) is 15.5. The van der Waals surface area contributed by atoms with Crippen molar-refractivity contribution in [2.45, 2.75) is 6.92 Å². The number of nitrogens with zero attached hydrogens (tertiary/aromatic N) is 1. The highest BCUT2D eigenvalue weighted by Crippen LogP contribution is 2.35. The van der Waals surface area contributed by atoms with Crippen LogP contribution in [0.5, 0.6) is 5.75 Å². The van der Waals surface area contributed by atoms with Crippen LogP contribution < -0.4 is 15.0 Å². The molecule has 30 heavy (non-hydrogen) atoms. The summed E-state index contributed by atoms with van der Waals surface area (Å²) < 4.78 is 5.43. The lowest BCUT2D eigenvalue weighted by Crippen LogP contribution is -2.54. The van der Waals surface area contributed by atoms with E-state index in [-0.39, 0.29) is 39.2 Å². The Labute approximate surface area is 187 Å². The van der Waals surface area contributed by atoms with Crippen molar-refractivity contribution in [3.8, 4) is 18.1 Å². The van der Waals surface area contributed by atoms with Crippen LogP contribution >= 0.6 is 34.8 Å². The minimum atomic E-state index is -0.894. The van der Waals surface area contributed by atoms with Gasteiger partial charge in [-0.15, -0.1) is 6.42 Å². The molecule has 6 nitrogen and oxygen atoms in total. The van der Waals surface area contributed by atoms with Gasteiger partial charge in [-0.1, -0.05) is 46.8 Å². The number of imide groups is 2. The maximum Gasteiger partial charge on any atom is 0.335 e. The summed E-state index contributed by atoms with van der Waals surface area (Å²) >= 11 is 18.3. The Hall–Kier alpha value is -2.98. The molecule has 0 bridgehead atoms. The van der Waals surface area contributed by atoms with Crippen LogP contribution in [0.2, 0.25) is 15.1 Å². The minimum absolute atomic E-state index is 0.0931. The largest absolute Gasteiger partial charge is 0.479 e. The van der Waals surface area contributed by atoms with E-state index < -0.39 is 17.8 Å². The number of aryl methyl sites for hydroxylation is 1. The molecule has 2 aromatic rings. The number of anilines is 1. The number of terminal acetylenes is 1. The number of amides is 4. The third-order valence-corrected chi connectivity index (χ3v) is 5.06. The Kier molecular flexibility index (Phi) is 6.37. The lowest BCUT2D eigenvalue weighted by Gasteiger charge is -2.26. The first-order chi connectivity index (χ1) is 14.2. The molecule has 1 fully saturated rings. The number of carbonyl (C=O) groups excluding carboxylic acids is 3. The van der Waals surface area contributed by atoms with Crippen molar-refractivity contribution in [3.05, 3.63) is 62.1 Å². The molecule has 0 atom stereocenters. The van der Waals surface area contributed by atoms with E-state index in [2.05, 4.69) is 11.2 Å². The number of ether oxygens (including phenoxy) is 1. The van der Waals surface area contributed by atoms with Gasteiger partial charge in [-0.2, -0.15) is 0 Å². The molecule has 0 unspecified atom stereocenters. The van der Waals surface area contributed by atoms with E-state index >= 15 is 0 Å². The Morgan fingerprint density at radius 3 is 2.53 bits per heavy atom. The predicted molar refractivity (Wildman–Crippen MR) is 116 cm³/mol. The zero-order valence-corrected chi connectivity index (χ0v) is 17.7. The van der Waals surface area contributed by atoms with Crippen molar-refractivity contribution < 1.29 is 19.1 Å². The van der Waals surface area contributed by atoms with E-state index in [9.17, 15) is 14.4 Å².